The molecule has 0 spiro atoms. The maximum atomic E-state index is 13.4. The molecule has 0 N–H and O–H groups in total. The second-order valence-electron chi connectivity index (χ2n) is 6.35. The molecule has 0 radical (unpaired) electrons. The summed E-state index contributed by atoms with van der Waals surface area (Å²) in [7, 11) is -3.22. The molecule has 6 heteroatoms. The van der Waals surface area contributed by atoms with Crippen LogP contribution in [0.2, 0.25) is 0 Å². The first-order valence-corrected chi connectivity index (χ1v) is 9.17. The van der Waals surface area contributed by atoms with Crippen LogP contribution in [0, 0.1) is 5.82 Å². The molecule has 1 atom stereocenters. The van der Waals surface area contributed by atoms with Crippen molar-refractivity contribution in [2.24, 2.45) is 0 Å². The normalized spacial score (nSPS) is 29.5. The second-order valence-corrected chi connectivity index (χ2v) is 8.32. The molecule has 1 aromatic rings. The fraction of sp³-hybridized carbons (Fsp3) is 0.600. The fourth-order valence-corrected chi connectivity index (χ4v) is 5.97. The van der Waals surface area contributed by atoms with Gasteiger partial charge in [-0.3, -0.25) is 4.90 Å². The standard InChI is InChI=1S/C15H19FN2O2S/c16-12-5-6-14-11(7-12)8-17-10-18(13-3-1-2-4-13)21(19,20)9-15(14)17/h5-7,13,15H,1-4,8-10H2. The van der Waals surface area contributed by atoms with Gasteiger partial charge in [-0.2, -0.15) is 4.31 Å². The van der Waals surface area contributed by atoms with Gasteiger partial charge in [0, 0.05) is 12.6 Å². The van der Waals surface area contributed by atoms with Gasteiger partial charge in [0.2, 0.25) is 10.0 Å². The van der Waals surface area contributed by atoms with Crippen LogP contribution >= 0.6 is 0 Å². The van der Waals surface area contributed by atoms with E-state index < -0.39 is 10.0 Å². The number of fused-ring (bicyclic) bond motifs is 3. The van der Waals surface area contributed by atoms with Crippen LogP contribution in [0.15, 0.2) is 18.2 Å². The Bertz CT molecular complexity index is 670. The SMILES string of the molecule is O=S1(=O)CC2c3ccc(F)cc3CN2CN1C1CCCC1. The van der Waals surface area contributed by atoms with Crippen LogP contribution in [0.1, 0.15) is 42.9 Å². The molecular weight excluding hydrogens is 291 g/mol. The van der Waals surface area contributed by atoms with Crippen molar-refractivity contribution in [2.45, 2.75) is 44.3 Å². The van der Waals surface area contributed by atoms with Gasteiger partial charge in [0.15, 0.2) is 0 Å². The van der Waals surface area contributed by atoms with Crippen LogP contribution in [-0.4, -0.2) is 36.1 Å². The third-order valence-electron chi connectivity index (χ3n) is 5.06. The van der Waals surface area contributed by atoms with Gasteiger partial charge in [0.05, 0.1) is 18.5 Å². The summed E-state index contributed by atoms with van der Waals surface area (Å²) in [5.41, 5.74) is 1.91. The smallest absolute Gasteiger partial charge is 0.217 e. The van der Waals surface area contributed by atoms with Crippen LogP contribution in [0.5, 0.6) is 0 Å². The third kappa shape index (κ3) is 2.20. The van der Waals surface area contributed by atoms with E-state index in [2.05, 4.69) is 4.90 Å². The number of hydrogen-bond acceptors (Lipinski definition) is 3. The lowest BCUT2D eigenvalue weighted by Gasteiger charge is -2.40. The van der Waals surface area contributed by atoms with Gasteiger partial charge < -0.3 is 0 Å². The molecule has 2 fully saturated rings. The average molecular weight is 310 g/mol. The monoisotopic (exact) mass is 310 g/mol. The molecule has 1 unspecified atom stereocenters. The van der Waals surface area contributed by atoms with Crippen LogP contribution in [0.25, 0.3) is 0 Å². The predicted molar refractivity (Wildman–Crippen MR) is 77.4 cm³/mol. The first-order chi connectivity index (χ1) is 10.0. The zero-order chi connectivity index (χ0) is 14.6. The quantitative estimate of drug-likeness (QED) is 0.798. The Kier molecular flexibility index (Phi) is 3.10. The van der Waals surface area contributed by atoms with Crippen molar-refractivity contribution in [3.63, 3.8) is 0 Å². The summed E-state index contributed by atoms with van der Waals surface area (Å²) in [6, 6.07) is 4.77. The minimum Gasteiger partial charge on any atom is -0.277 e. The zero-order valence-corrected chi connectivity index (χ0v) is 12.7. The molecule has 0 aromatic heterocycles. The fourth-order valence-electron chi connectivity index (χ4n) is 4.00. The van der Waals surface area contributed by atoms with Crippen molar-refractivity contribution >= 4 is 10.0 Å². The molecule has 1 aromatic carbocycles. The summed E-state index contributed by atoms with van der Waals surface area (Å²) in [6.07, 6.45) is 4.18. The van der Waals surface area contributed by atoms with E-state index in [0.717, 1.165) is 36.8 Å². The Morgan fingerprint density at radius 2 is 1.95 bits per heavy atom. The van der Waals surface area contributed by atoms with Gasteiger partial charge in [0.25, 0.3) is 0 Å². The molecule has 2 heterocycles. The molecule has 2 aliphatic heterocycles. The summed E-state index contributed by atoms with van der Waals surface area (Å²) in [5, 5.41) is 0. The maximum Gasteiger partial charge on any atom is 0.217 e. The van der Waals surface area contributed by atoms with Crippen LogP contribution in [0.4, 0.5) is 4.39 Å². The van der Waals surface area contributed by atoms with Gasteiger partial charge in [0.1, 0.15) is 5.82 Å². The Labute approximate surface area is 124 Å². The van der Waals surface area contributed by atoms with Gasteiger partial charge >= 0.3 is 0 Å². The third-order valence-corrected chi connectivity index (χ3v) is 6.92. The zero-order valence-electron chi connectivity index (χ0n) is 11.8. The molecule has 1 saturated carbocycles. The summed E-state index contributed by atoms with van der Waals surface area (Å²) in [4.78, 5) is 2.17. The van der Waals surface area contributed by atoms with Crippen LogP contribution < -0.4 is 0 Å². The van der Waals surface area contributed by atoms with Crippen molar-refractivity contribution in [2.75, 3.05) is 12.4 Å². The predicted octanol–water partition coefficient (Wildman–Crippen LogP) is 2.23. The van der Waals surface area contributed by atoms with Crippen LogP contribution in [-0.2, 0) is 16.6 Å². The van der Waals surface area contributed by atoms with E-state index in [4.69, 9.17) is 0 Å². The molecule has 4 rings (SSSR count). The lowest BCUT2D eigenvalue weighted by molar-refractivity contribution is 0.118. The molecule has 114 valence electrons. The van der Waals surface area contributed by atoms with Crippen molar-refractivity contribution < 1.29 is 12.8 Å². The highest BCUT2D eigenvalue weighted by Crippen LogP contribution is 2.40. The number of rotatable bonds is 1. The summed E-state index contributed by atoms with van der Waals surface area (Å²) in [6.45, 7) is 1.10. The van der Waals surface area contributed by atoms with Crippen LogP contribution in [0.3, 0.4) is 0 Å². The molecule has 0 bridgehead atoms. The molecule has 1 aliphatic carbocycles. The highest BCUT2D eigenvalue weighted by Gasteiger charge is 2.44. The lowest BCUT2D eigenvalue weighted by Crippen LogP contribution is -2.52. The first-order valence-electron chi connectivity index (χ1n) is 7.56. The topological polar surface area (TPSA) is 40.6 Å². The van der Waals surface area contributed by atoms with Crippen molar-refractivity contribution in [3.8, 4) is 0 Å². The maximum absolute atomic E-state index is 13.4. The molecule has 21 heavy (non-hydrogen) atoms. The number of nitrogens with zero attached hydrogens (tertiary/aromatic N) is 2. The van der Waals surface area contributed by atoms with Crippen molar-refractivity contribution in [1.82, 2.24) is 9.21 Å². The summed E-state index contributed by atoms with van der Waals surface area (Å²) in [5.74, 6) is -0.119. The lowest BCUT2D eigenvalue weighted by atomic mass is 10.1. The molecule has 4 nitrogen and oxygen atoms in total. The molecule has 0 amide bonds. The number of halogens is 1. The van der Waals surface area contributed by atoms with E-state index in [1.165, 1.54) is 6.07 Å². The Morgan fingerprint density at radius 1 is 1.19 bits per heavy atom. The second kappa shape index (κ2) is 4.76. The first kappa shape index (κ1) is 13.7. The van der Waals surface area contributed by atoms with Gasteiger partial charge in [-0.1, -0.05) is 18.9 Å². The van der Waals surface area contributed by atoms with E-state index in [9.17, 15) is 12.8 Å². The van der Waals surface area contributed by atoms with E-state index in [1.807, 2.05) is 0 Å². The molecule has 3 aliphatic rings. The largest absolute Gasteiger partial charge is 0.277 e. The average Bonchev–Trinajstić information content (AvgIpc) is 3.03. The van der Waals surface area contributed by atoms with Gasteiger partial charge in [-0.05, 0) is 36.1 Å². The summed E-state index contributed by atoms with van der Waals surface area (Å²) >= 11 is 0. The van der Waals surface area contributed by atoms with Gasteiger partial charge in [-0.15, -0.1) is 0 Å². The van der Waals surface area contributed by atoms with Crippen molar-refractivity contribution in [3.05, 3.63) is 35.1 Å². The Hall–Kier alpha value is -0.980. The Balaban J connectivity index is 1.66. The molecular formula is C15H19FN2O2S. The summed E-state index contributed by atoms with van der Waals surface area (Å²) < 4.78 is 40.3. The minimum absolute atomic E-state index is 0.108. The van der Waals surface area contributed by atoms with E-state index >= 15 is 0 Å². The number of benzene rings is 1. The molecule has 1 saturated heterocycles. The highest BCUT2D eigenvalue weighted by molar-refractivity contribution is 7.89. The van der Waals surface area contributed by atoms with E-state index in [1.54, 1.807) is 16.4 Å². The van der Waals surface area contributed by atoms with Gasteiger partial charge in [-0.25, -0.2) is 12.8 Å². The van der Waals surface area contributed by atoms with E-state index in [0.29, 0.717) is 13.2 Å². The highest BCUT2D eigenvalue weighted by atomic mass is 32.2. The Morgan fingerprint density at radius 3 is 2.71 bits per heavy atom. The van der Waals surface area contributed by atoms with E-state index in [-0.39, 0.29) is 23.7 Å². The number of hydrogen-bond donors (Lipinski definition) is 0. The minimum atomic E-state index is -3.22. The number of sulfonamides is 1. The van der Waals surface area contributed by atoms with Crippen molar-refractivity contribution in [1.29, 1.82) is 0 Å².